The Bertz CT molecular complexity index is 563. The number of aromatic nitrogens is 2. The van der Waals surface area contributed by atoms with Crippen LogP contribution in [-0.4, -0.2) is 22.4 Å². The van der Waals surface area contributed by atoms with E-state index in [-0.39, 0.29) is 11.7 Å². The standard InChI is InChI=1S/C17H24FN3/c1-4-21-12-14(10-20-21)8-16(11-19-13(2)3)15-6-5-7-17(18)9-15/h5-7,9-10,12-13,16,19H,4,8,11H2,1-3H3. The molecule has 0 spiro atoms. The van der Waals surface area contributed by atoms with Crippen LogP contribution in [-0.2, 0) is 13.0 Å². The fraction of sp³-hybridized carbons (Fsp3) is 0.471. The summed E-state index contributed by atoms with van der Waals surface area (Å²) in [7, 11) is 0. The molecule has 0 aliphatic heterocycles. The highest BCUT2D eigenvalue weighted by atomic mass is 19.1. The van der Waals surface area contributed by atoms with E-state index >= 15 is 0 Å². The summed E-state index contributed by atoms with van der Waals surface area (Å²) in [5, 5.41) is 7.77. The lowest BCUT2D eigenvalue weighted by atomic mass is 9.93. The topological polar surface area (TPSA) is 29.9 Å². The second-order valence-corrected chi connectivity index (χ2v) is 5.72. The number of nitrogens with one attached hydrogen (secondary N) is 1. The Hall–Kier alpha value is -1.68. The number of rotatable bonds is 7. The molecule has 1 aromatic carbocycles. The lowest BCUT2D eigenvalue weighted by molar-refractivity contribution is 0.524. The van der Waals surface area contributed by atoms with Crippen LogP contribution in [0.1, 0.15) is 37.8 Å². The molecule has 114 valence electrons. The van der Waals surface area contributed by atoms with Gasteiger partial charge in [-0.3, -0.25) is 4.68 Å². The quantitative estimate of drug-likeness (QED) is 0.847. The highest BCUT2D eigenvalue weighted by Crippen LogP contribution is 2.21. The molecule has 0 aliphatic rings. The van der Waals surface area contributed by atoms with Crippen LogP contribution < -0.4 is 5.32 Å². The molecule has 0 aliphatic carbocycles. The van der Waals surface area contributed by atoms with E-state index in [9.17, 15) is 4.39 Å². The zero-order chi connectivity index (χ0) is 15.2. The molecule has 1 unspecified atom stereocenters. The lowest BCUT2D eigenvalue weighted by Gasteiger charge is -2.19. The molecule has 4 heteroatoms. The van der Waals surface area contributed by atoms with Crippen LogP contribution >= 0.6 is 0 Å². The molecule has 1 N–H and O–H groups in total. The van der Waals surface area contributed by atoms with Gasteiger partial charge in [0.1, 0.15) is 5.82 Å². The van der Waals surface area contributed by atoms with E-state index in [2.05, 4.69) is 37.4 Å². The maximum Gasteiger partial charge on any atom is 0.123 e. The van der Waals surface area contributed by atoms with Gasteiger partial charge in [-0.15, -0.1) is 0 Å². The van der Waals surface area contributed by atoms with Crippen molar-refractivity contribution in [2.75, 3.05) is 6.54 Å². The summed E-state index contributed by atoms with van der Waals surface area (Å²) < 4.78 is 15.4. The zero-order valence-electron chi connectivity index (χ0n) is 13.0. The van der Waals surface area contributed by atoms with Crippen LogP contribution in [0.25, 0.3) is 0 Å². The largest absolute Gasteiger partial charge is 0.314 e. The number of halogens is 1. The van der Waals surface area contributed by atoms with Gasteiger partial charge in [-0.25, -0.2) is 4.39 Å². The number of hydrogen-bond donors (Lipinski definition) is 1. The van der Waals surface area contributed by atoms with E-state index in [1.807, 2.05) is 16.9 Å². The van der Waals surface area contributed by atoms with Gasteiger partial charge in [0.15, 0.2) is 0 Å². The molecule has 0 radical (unpaired) electrons. The Morgan fingerprint density at radius 1 is 1.33 bits per heavy atom. The third kappa shape index (κ3) is 4.67. The van der Waals surface area contributed by atoms with Gasteiger partial charge in [-0.05, 0) is 36.6 Å². The van der Waals surface area contributed by atoms with Crippen LogP contribution in [0.3, 0.4) is 0 Å². The maximum absolute atomic E-state index is 13.5. The van der Waals surface area contributed by atoms with Crippen molar-refractivity contribution in [2.45, 2.75) is 45.7 Å². The summed E-state index contributed by atoms with van der Waals surface area (Å²) in [5.41, 5.74) is 2.23. The predicted octanol–water partition coefficient (Wildman–Crippen LogP) is 3.37. The van der Waals surface area contributed by atoms with Crippen molar-refractivity contribution in [2.24, 2.45) is 0 Å². The van der Waals surface area contributed by atoms with E-state index in [0.29, 0.717) is 6.04 Å². The van der Waals surface area contributed by atoms with E-state index in [0.717, 1.165) is 25.1 Å². The zero-order valence-corrected chi connectivity index (χ0v) is 13.0. The van der Waals surface area contributed by atoms with Crippen LogP contribution in [0.15, 0.2) is 36.7 Å². The summed E-state index contributed by atoms with van der Waals surface area (Å²) in [6, 6.07) is 7.32. The first kappa shape index (κ1) is 15.7. The number of benzene rings is 1. The second-order valence-electron chi connectivity index (χ2n) is 5.72. The first-order valence-corrected chi connectivity index (χ1v) is 7.58. The molecule has 0 amide bonds. The van der Waals surface area contributed by atoms with E-state index < -0.39 is 0 Å². The summed E-state index contributed by atoms with van der Waals surface area (Å²) >= 11 is 0. The van der Waals surface area contributed by atoms with Gasteiger partial charge >= 0.3 is 0 Å². The van der Waals surface area contributed by atoms with Crippen molar-refractivity contribution in [1.82, 2.24) is 15.1 Å². The molecule has 3 nitrogen and oxygen atoms in total. The fourth-order valence-electron chi connectivity index (χ4n) is 2.42. The summed E-state index contributed by atoms with van der Waals surface area (Å²) in [5.74, 6) is 0.0731. The molecule has 21 heavy (non-hydrogen) atoms. The van der Waals surface area contributed by atoms with Gasteiger partial charge in [0, 0.05) is 31.2 Å². The summed E-state index contributed by atoms with van der Waals surface area (Å²) in [6.45, 7) is 8.02. The third-order valence-corrected chi connectivity index (χ3v) is 3.59. The average Bonchev–Trinajstić information content (AvgIpc) is 2.91. The van der Waals surface area contributed by atoms with Crippen molar-refractivity contribution in [3.05, 3.63) is 53.6 Å². The number of hydrogen-bond acceptors (Lipinski definition) is 2. The molecular weight excluding hydrogens is 265 g/mol. The molecule has 1 aromatic heterocycles. The van der Waals surface area contributed by atoms with Gasteiger partial charge in [-0.2, -0.15) is 5.10 Å². The Balaban J connectivity index is 2.15. The Morgan fingerprint density at radius 3 is 2.76 bits per heavy atom. The first-order valence-electron chi connectivity index (χ1n) is 7.58. The molecule has 1 atom stereocenters. The minimum absolute atomic E-state index is 0.175. The number of nitrogens with zero attached hydrogens (tertiary/aromatic N) is 2. The van der Waals surface area contributed by atoms with Gasteiger partial charge < -0.3 is 5.32 Å². The number of aryl methyl sites for hydroxylation is 1. The smallest absolute Gasteiger partial charge is 0.123 e. The van der Waals surface area contributed by atoms with Crippen molar-refractivity contribution in [1.29, 1.82) is 0 Å². The SMILES string of the molecule is CCn1cc(CC(CNC(C)C)c2cccc(F)c2)cn1. The minimum Gasteiger partial charge on any atom is -0.314 e. The monoisotopic (exact) mass is 289 g/mol. The van der Waals surface area contributed by atoms with Crippen molar-refractivity contribution in [3.63, 3.8) is 0 Å². The van der Waals surface area contributed by atoms with Crippen molar-refractivity contribution >= 4 is 0 Å². The minimum atomic E-state index is -0.175. The predicted molar refractivity (Wildman–Crippen MR) is 83.9 cm³/mol. The van der Waals surface area contributed by atoms with Gasteiger partial charge in [0.2, 0.25) is 0 Å². The Morgan fingerprint density at radius 2 is 2.14 bits per heavy atom. The van der Waals surface area contributed by atoms with Crippen LogP contribution in [0.4, 0.5) is 4.39 Å². The molecule has 0 bridgehead atoms. The molecule has 0 saturated carbocycles. The Kier molecular flexibility index (Phi) is 5.51. The van der Waals surface area contributed by atoms with E-state index in [1.54, 1.807) is 12.1 Å². The van der Waals surface area contributed by atoms with Crippen molar-refractivity contribution in [3.8, 4) is 0 Å². The molecule has 2 aromatic rings. The lowest BCUT2D eigenvalue weighted by Crippen LogP contribution is -2.29. The van der Waals surface area contributed by atoms with Crippen molar-refractivity contribution < 1.29 is 4.39 Å². The average molecular weight is 289 g/mol. The van der Waals surface area contributed by atoms with Crippen LogP contribution in [0, 0.1) is 5.82 Å². The molecule has 1 heterocycles. The highest BCUT2D eigenvalue weighted by molar-refractivity contribution is 5.23. The molecule has 0 saturated heterocycles. The Labute approximate surface area is 126 Å². The third-order valence-electron chi connectivity index (χ3n) is 3.59. The van der Waals surface area contributed by atoms with Crippen LogP contribution in [0.2, 0.25) is 0 Å². The van der Waals surface area contributed by atoms with Gasteiger partial charge in [-0.1, -0.05) is 26.0 Å². The summed E-state index contributed by atoms with van der Waals surface area (Å²) in [4.78, 5) is 0. The van der Waals surface area contributed by atoms with E-state index in [4.69, 9.17) is 0 Å². The van der Waals surface area contributed by atoms with Gasteiger partial charge in [0.05, 0.1) is 6.20 Å². The van der Waals surface area contributed by atoms with Crippen LogP contribution in [0.5, 0.6) is 0 Å². The fourth-order valence-corrected chi connectivity index (χ4v) is 2.42. The normalized spacial score (nSPS) is 12.8. The molecule has 0 fully saturated rings. The van der Waals surface area contributed by atoms with E-state index in [1.165, 1.54) is 11.6 Å². The molecular formula is C17H24FN3. The first-order chi connectivity index (χ1) is 10.1. The molecule has 2 rings (SSSR count). The summed E-state index contributed by atoms with van der Waals surface area (Å²) in [6.07, 6.45) is 4.84. The highest BCUT2D eigenvalue weighted by Gasteiger charge is 2.14. The van der Waals surface area contributed by atoms with Gasteiger partial charge in [0.25, 0.3) is 0 Å². The maximum atomic E-state index is 13.5. The second kappa shape index (κ2) is 7.36.